The summed E-state index contributed by atoms with van der Waals surface area (Å²) in [6, 6.07) is 0. The third kappa shape index (κ3) is 1.15. The monoisotopic (exact) mass is 412 g/mol. The predicted octanol–water partition coefficient (Wildman–Crippen LogP) is 1.13. The normalized spacial score (nSPS) is 53.4. The molecule has 7 nitrogen and oxygen atoms in total. The third-order valence-corrected chi connectivity index (χ3v) is 10.4. The Morgan fingerprint density at radius 3 is 2.07 bits per heavy atom. The van der Waals surface area contributed by atoms with Gasteiger partial charge in [0.15, 0.2) is 5.79 Å². The average Bonchev–Trinajstić information content (AvgIpc) is 3.32. The van der Waals surface area contributed by atoms with Crippen LogP contribution in [0.3, 0.4) is 0 Å². The lowest BCUT2D eigenvalue weighted by Crippen LogP contribution is -2.81. The fraction of sp³-hybridized carbons (Fsp3) is 0.696. The van der Waals surface area contributed by atoms with Gasteiger partial charge in [-0.05, 0) is 30.1 Å². The van der Waals surface area contributed by atoms with Crippen LogP contribution in [0.25, 0.3) is 0 Å². The average molecular weight is 412 g/mol. The Kier molecular flexibility index (Phi) is 2.80. The molecule has 0 heterocycles. The zero-order valence-corrected chi connectivity index (χ0v) is 17.3. The number of Topliss-reactive ketones (excluding diaryl/α,β-unsaturated/α-hetero) is 1. The van der Waals surface area contributed by atoms with Crippen LogP contribution in [-0.4, -0.2) is 51.9 Å². The number of ketones is 1. The Balaban J connectivity index is 1.60. The van der Waals surface area contributed by atoms with Gasteiger partial charge in [-0.15, -0.1) is 0 Å². The fourth-order valence-corrected chi connectivity index (χ4v) is 10.6. The lowest BCUT2D eigenvalue weighted by atomic mass is 9.27. The van der Waals surface area contributed by atoms with Crippen molar-refractivity contribution in [2.24, 2.45) is 58.2 Å². The van der Waals surface area contributed by atoms with Crippen molar-refractivity contribution in [1.82, 2.24) is 0 Å². The van der Waals surface area contributed by atoms with Gasteiger partial charge in [-0.1, -0.05) is 12.2 Å². The summed E-state index contributed by atoms with van der Waals surface area (Å²) >= 11 is 0. The molecule has 2 spiro atoms. The second kappa shape index (κ2) is 4.75. The van der Waals surface area contributed by atoms with E-state index in [4.69, 9.17) is 18.9 Å². The summed E-state index contributed by atoms with van der Waals surface area (Å²) in [5.41, 5.74) is -0.826. The van der Waals surface area contributed by atoms with Gasteiger partial charge in [0.05, 0.1) is 36.2 Å². The predicted molar refractivity (Wildman–Crippen MR) is 99.4 cm³/mol. The van der Waals surface area contributed by atoms with E-state index < -0.39 is 40.4 Å². The first-order valence-corrected chi connectivity index (χ1v) is 10.7. The van der Waals surface area contributed by atoms with Crippen molar-refractivity contribution in [3.63, 3.8) is 0 Å². The van der Waals surface area contributed by atoms with Crippen LogP contribution in [0.15, 0.2) is 23.3 Å². The highest BCUT2D eigenvalue weighted by Gasteiger charge is 3.03. The molecule has 8 rings (SSSR count). The Morgan fingerprint density at radius 2 is 1.47 bits per heavy atom. The first-order chi connectivity index (χ1) is 14.4. The molecule has 8 aliphatic carbocycles. The highest BCUT2D eigenvalue weighted by atomic mass is 16.7. The number of hydrogen-bond acceptors (Lipinski definition) is 7. The maximum Gasteiger partial charge on any atom is 0.334 e. The first-order valence-electron chi connectivity index (χ1n) is 10.7. The molecule has 5 fully saturated rings. The van der Waals surface area contributed by atoms with E-state index in [1.54, 1.807) is 14.2 Å². The molecule has 4 bridgehead atoms. The van der Waals surface area contributed by atoms with Crippen molar-refractivity contribution in [3.8, 4) is 0 Å². The highest BCUT2D eigenvalue weighted by molar-refractivity contribution is 6.07. The zero-order valence-electron chi connectivity index (χ0n) is 17.3. The molecule has 0 saturated heterocycles. The van der Waals surface area contributed by atoms with Gasteiger partial charge < -0.3 is 18.9 Å². The molecule has 0 unspecified atom stereocenters. The Bertz CT molecular complexity index is 1020. The van der Waals surface area contributed by atoms with E-state index in [-0.39, 0.29) is 29.5 Å². The van der Waals surface area contributed by atoms with Crippen molar-refractivity contribution < 1.29 is 33.3 Å². The zero-order chi connectivity index (χ0) is 21.0. The molecular weight excluding hydrogens is 388 g/mol. The first kappa shape index (κ1) is 17.7. The molecule has 0 aromatic carbocycles. The molecular formula is C23H24O7. The lowest BCUT2D eigenvalue weighted by molar-refractivity contribution is -0.374. The molecule has 0 aliphatic heterocycles. The molecule has 0 radical (unpaired) electrons. The minimum atomic E-state index is -0.947. The van der Waals surface area contributed by atoms with E-state index in [1.165, 1.54) is 14.2 Å². The van der Waals surface area contributed by atoms with Gasteiger partial charge in [0.2, 0.25) is 0 Å². The SMILES string of the molecule is COC(=O)C1=C(C(=O)OC)[C@@H]2C=C[C@H]1[C@]13[C@H]4[C@@H]5C[C@H]6[C@H](C(=O)[C@@]21[C@H]64)[C@@H]5C3(OC)OC. The summed E-state index contributed by atoms with van der Waals surface area (Å²) in [4.78, 5) is 40.1. The molecule has 0 amide bonds. The number of allylic oxidation sites excluding steroid dienone is 2. The Morgan fingerprint density at radius 1 is 0.867 bits per heavy atom. The summed E-state index contributed by atoms with van der Waals surface area (Å²) in [5, 5.41) is 0. The van der Waals surface area contributed by atoms with E-state index in [2.05, 4.69) is 0 Å². The van der Waals surface area contributed by atoms with Crippen molar-refractivity contribution in [2.45, 2.75) is 12.2 Å². The van der Waals surface area contributed by atoms with Gasteiger partial charge in [0.1, 0.15) is 5.78 Å². The van der Waals surface area contributed by atoms with Crippen LogP contribution in [0, 0.1) is 58.2 Å². The van der Waals surface area contributed by atoms with E-state index in [0.29, 0.717) is 23.0 Å². The van der Waals surface area contributed by atoms with E-state index in [9.17, 15) is 14.4 Å². The van der Waals surface area contributed by atoms with Crippen molar-refractivity contribution in [1.29, 1.82) is 0 Å². The molecule has 0 aromatic rings. The number of ether oxygens (including phenoxy) is 4. The van der Waals surface area contributed by atoms with Gasteiger partial charge in [0.25, 0.3) is 0 Å². The minimum absolute atomic E-state index is 0.00935. The molecule has 7 heteroatoms. The summed E-state index contributed by atoms with van der Waals surface area (Å²) < 4.78 is 22.7. The summed E-state index contributed by atoms with van der Waals surface area (Å²) in [6.45, 7) is 0. The van der Waals surface area contributed by atoms with Gasteiger partial charge in [-0.25, -0.2) is 9.59 Å². The highest BCUT2D eigenvalue weighted by Crippen LogP contribution is 2.98. The number of carbonyl (C=O) groups excluding carboxylic acids is 3. The molecule has 0 N–H and O–H groups in total. The topological polar surface area (TPSA) is 88.1 Å². The van der Waals surface area contributed by atoms with E-state index in [1.807, 2.05) is 12.2 Å². The van der Waals surface area contributed by atoms with Crippen LogP contribution in [0.2, 0.25) is 0 Å². The van der Waals surface area contributed by atoms with E-state index >= 15 is 0 Å². The summed E-state index contributed by atoms with van der Waals surface area (Å²) in [6.07, 6.45) is 4.97. The molecule has 158 valence electrons. The van der Waals surface area contributed by atoms with Crippen LogP contribution in [0.1, 0.15) is 6.42 Å². The second-order valence-electron chi connectivity index (χ2n) is 10.00. The smallest absolute Gasteiger partial charge is 0.334 e. The van der Waals surface area contributed by atoms with Crippen LogP contribution in [-0.2, 0) is 33.3 Å². The quantitative estimate of drug-likeness (QED) is 0.389. The minimum Gasteiger partial charge on any atom is -0.466 e. The number of hydrogen-bond donors (Lipinski definition) is 0. The number of rotatable bonds is 4. The maximum absolute atomic E-state index is 14.1. The molecule has 0 aromatic heterocycles. The molecule has 5 saturated carbocycles. The summed E-state index contributed by atoms with van der Waals surface area (Å²) in [5.74, 6) is -1.68. The van der Waals surface area contributed by atoms with Crippen LogP contribution in [0.5, 0.6) is 0 Å². The fourth-order valence-electron chi connectivity index (χ4n) is 10.6. The lowest BCUT2D eigenvalue weighted by Gasteiger charge is -2.75. The number of methoxy groups -OCH3 is 4. The summed E-state index contributed by atoms with van der Waals surface area (Å²) in [7, 11) is 5.96. The largest absolute Gasteiger partial charge is 0.466 e. The van der Waals surface area contributed by atoms with Gasteiger partial charge >= 0.3 is 11.9 Å². The number of esters is 2. The maximum atomic E-state index is 14.1. The second-order valence-corrected chi connectivity index (χ2v) is 10.00. The van der Waals surface area contributed by atoms with Crippen LogP contribution < -0.4 is 0 Å². The van der Waals surface area contributed by atoms with Gasteiger partial charge in [0, 0.05) is 37.9 Å². The number of fused-ring (bicyclic) bond motifs is 1. The van der Waals surface area contributed by atoms with Crippen molar-refractivity contribution in [2.75, 3.05) is 28.4 Å². The van der Waals surface area contributed by atoms with Crippen LogP contribution in [0.4, 0.5) is 0 Å². The molecule has 8 aliphatic rings. The van der Waals surface area contributed by atoms with Gasteiger partial charge in [-0.3, -0.25) is 4.79 Å². The Hall–Kier alpha value is -1.99. The van der Waals surface area contributed by atoms with Crippen molar-refractivity contribution >= 4 is 17.7 Å². The number of carbonyl (C=O) groups is 3. The van der Waals surface area contributed by atoms with E-state index in [0.717, 1.165) is 6.42 Å². The van der Waals surface area contributed by atoms with Crippen molar-refractivity contribution in [3.05, 3.63) is 23.3 Å². The van der Waals surface area contributed by atoms with Crippen LogP contribution >= 0.6 is 0 Å². The molecule has 30 heavy (non-hydrogen) atoms. The third-order valence-electron chi connectivity index (χ3n) is 10.4. The molecule has 10 atom stereocenters. The van der Waals surface area contributed by atoms with Gasteiger partial charge in [-0.2, -0.15) is 0 Å². The standard InChI is InChI=1S/C23H24O7/c1-27-19(25)13-10-5-6-11(14(13)20(26)28-2)22-17-9-7-8-12(15(9)23(22,29-3)30-4)18(24)21(10,22)16(8)17/h5-6,8-12,15-17H,7H2,1-4H3/t8-,9+,10-,11+,12-,15+,16+,17-,21-,22-/m0/s1. The Labute approximate surface area is 173 Å².